The average molecular weight is 285 g/mol. The maximum atomic E-state index is 11.8. The molecule has 0 aliphatic heterocycles. The van der Waals surface area contributed by atoms with Gasteiger partial charge in [0.05, 0.1) is 5.56 Å². The van der Waals surface area contributed by atoms with Crippen LogP contribution >= 0.6 is 15.9 Å². The molecule has 1 unspecified atom stereocenters. The fourth-order valence-corrected chi connectivity index (χ4v) is 1.77. The molecule has 1 N–H and O–H groups in total. The first-order valence-electron chi connectivity index (χ1n) is 5.42. The van der Waals surface area contributed by atoms with Crippen molar-refractivity contribution in [3.8, 4) is 0 Å². The summed E-state index contributed by atoms with van der Waals surface area (Å²) in [6.45, 7) is 3.95. The van der Waals surface area contributed by atoms with Crippen molar-refractivity contribution in [1.82, 2.24) is 10.3 Å². The molecule has 1 aromatic heterocycles. The van der Waals surface area contributed by atoms with Crippen LogP contribution in [-0.4, -0.2) is 22.3 Å². The van der Waals surface area contributed by atoms with Crippen molar-refractivity contribution in [1.29, 1.82) is 0 Å². The summed E-state index contributed by atoms with van der Waals surface area (Å²) < 4.78 is 0. The highest BCUT2D eigenvalue weighted by Crippen LogP contribution is 2.04. The molecule has 0 bridgehead atoms. The van der Waals surface area contributed by atoms with Crippen molar-refractivity contribution < 1.29 is 4.79 Å². The van der Waals surface area contributed by atoms with E-state index in [0.717, 1.165) is 23.7 Å². The van der Waals surface area contributed by atoms with E-state index in [9.17, 15) is 4.79 Å². The first kappa shape index (κ1) is 13.2. The van der Waals surface area contributed by atoms with Gasteiger partial charge in [-0.1, -0.05) is 15.9 Å². The van der Waals surface area contributed by atoms with Crippen molar-refractivity contribution in [3.05, 3.63) is 29.6 Å². The van der Waals surface area contributed by atoms with E-state index in [1.807, 2.05) is 19.9 Å². The normalized spacial score (nSPS) is 12.2. The number of pyridine rings is 1. The predicted octanol–water partition coefficient (Wildman–Crippen LogP) is 2.68. The van der Waals surface area contributed by atoms with Gasteiger partial charge in [0.25, 0.3) is 5.91 Å². The molecular weight excluding hydrogens is 268 g/mol. The number of hydrogen-bond acceptors (Lipinski definition) is 2. The fourth-order valence-electron chi connectivity index (χ4n) is 1.44. The number of nitrogens with one attached hydrogen (secondary N) is 1. The van der Waals surface area contributed by atoms with Gasteiger partial charge < -0.3 is 5.32 Å². The molecule has 0 aromatic carbocycles. The highest BCUT2D eigenvalue weighted by Gasteiger charge is 2.09. The van der Waals surface area contributed by atoms with E-state index in [1.165, 1.54) is 0 Å². The van der Waals surface area contributed by atoms with E-state index in [0.29, 0.717) is 5.56 Å². The second-order valence-electron chi connectivity index (χ2n) is 3.96. The maximum absolute atomic E-state index is 11.8. The Morgan fingerprint density at radius 3 is 2.94 bits per heavy atom. The zero-order chi connectivity index (χ0) is 12.0. The summed E-state index contributed by atoms with van der Waals surface area (Å²) in [5.41, 5.74) is 1.63. The third-order valence-corrected chi connectivity index (χ3v) is 2.85. The number of aromatic nitrogens is 1. The number of aryl methyl sites for hydroxylation is 1. The van der Waals surface area contributed by atoms with Crippen molar-refractivity contribution in [3.63, 3.8) is 0 Å². The number of alkyl halides is 1. The van der Waals surface area contributed by atoms with Crippen molar-refractivity contribution >= 4 is 21.8 Å². The smallest absolute Gasteiger partial charge is 0.253 e. The molecule has 0 saturated carbocycles. The van der Waals surface area contributed by atoms with Crippen LogP contribution in [0, 0.1) is 6.92 Å². The van der Waals surface area contributed by atoms with Gasteiger partial charge in [-0.05, 0) is 38.3 Å². The number of halogens is 1. The second-order valence-corrected chi connectivity index (χ2v) is 4.75. The van der Waals surface area contributed by atoms with Gasteiger partial charge in [0.1, 0.15) is 0 Å². The van der Waals surface area contributed by atoms with Gasteiger partial charge in [-0.25, -0.2) is 0 Å². The zero-order valence-corrected chi connectivity index (χ0v) is 11.3. The molecule has 0 fully saturated rings. The fraction of sp³-hybridized carbons (Fsp3) is 0.500. The molecule has 88 valence electrons. The van der Waals surface area contributed by atoms with Gasteiger partial charge in [-0.15, -0.1) is 0 Å². The summed E-state index contributed by atoms with van der Waals surface area (Å²) >= 11 is 3.38. The molecule has 4 heteroatoms. The number of carbonyl (C=O) groups is 1. The van der Waals surface area contributed by atoms with E-state index in [2.05, 4.69) is 26.2 Å². The van der Waals surface area contributed by atoms with Gasteiger partial charge in [0.15, 0.2) is 0 Å². The highest BCUT2D eigenvalue weighted by atomic mass is 79.9. The summed E-state index contributed by atoms with van der Waals surface area (Å²) in [7, 11) is 0. The van der Waals surface area contributed by atoms with Crippen LogP contribution < -0.4 is 5.32 Å². The number of amides is 1. The standard InChI is InChI=1S/C12H17BrN2O/c1-9-6-11(8-14-7-9)12(16)15-10(2)4-3-5-13/h6-8,10H,3-5H2,1-2H3,(H,15,16). The minimum absolute atomic E-state index is 0.0433. The van der Waals surface area contributed by atoms with E-state index < -0.39 is 0 Å². The van der Waals surface area contributed by atoms with Gasteiger partial charge in [-0.3, -0.25) is 9.78 Å². The predicted molar refractivity (Wildman–Crippen MR) is 68.9 cm³/mol. The Hall–Kier alpha value is -0.900. The van der Waals surface area contributed by atoms with E-state index in [1.54, 1.807) is 12.4 Å². The Labute approximate surface area is 105 Å². The second kappa shape index (κ2) is 6.63. The molecule has 16 heavy (non-hydrogen) atoms. The molecule has 0 aliphatic carbocycles. The molecular formula is C12H17BrN2O. The minimum Gasteiger partial charge on any atom is -0.350 e. The molecule has 0 aliphatic rings. The summed E-state index contributed by atoms with van der Waals surface area (Å²) in [5, 5.41) is 3.93. The third-order valence-electron chi connectivity index (χ3n) is 2.29. The summed E-state index contributed by atoms with van der Waals surface area (Å²) in [4.78, 5) is 15.8. The summed E-state index contributed by atoms with van der Waals surface area (Å²) in [6.07, 6.45) is 5.38. The first-order chi connectivity index (χ1) is 7.63. The van der Waals surface area contributed by atoms with E-state index >= 15 is 0 Å². The summed E-state index contributed by atoms with van der Waals surface area (Å²) in [5.74, 6) is -0.0433. The van der Waals surface area contributed by atoms with Gasteiger partial charge in [-0.2, -0.15) is 0 Å². The molecule has 0 spiro atoms. The Kier molecular flexibility index (Phi) is 5.46. The lowest BCUT2D eigenvalue weighted by Crippen LogP contribution is -2.32. The Bertz CT molecular complexity index is 355. The van der Waals surface area contributed by atoms with E-state index in [-0.39, 0.29) is 11.9 Å². The van der Waals surface area contributed by atoms with Crippen molar-refractivity contribution in [2.45, 2.75) is 32.7 Å². The Morgan fingerprint density at radius 2 is 2.31 bits per heavy atom. The highest BCUT2D eigenvalue weighted by molar-refractivity contribution is 9.09. The quantitative estimate of drug-likeness (QED) is 0.845. The lowest BCUT2D eigenvalue weighted by molar-refractivity contribution is 0.0938. The van der Waals surface area contributed by atoms with Gasteiger partial charge in [0, 0.05) is 23.8 Å². The van der Waals surface area contributed by atoms with Crippen molar-refractivity contribution in [2.75, 3.05) is 5.33 Å². The number of hydrogen-bond donors (Lipinski definition) is 1. The van der Waals surface area contributed by atoms with Gasteiger partial charge >= 0.3 is 0 Å². The molecule has 3 nitrogen and oxygen atoms in total. The number of nitrogens with zero attached hydrogens (tertiary/aromatic N) is 1. The topological polar surface area (TPSA) is 42.0 Å². The lowest BCUT2D eigenvalue weighted by Gasteiger charge is -2.13. The molecule has 1 amide bonds. The Balaban J connectivity index is 2.52. The molecule has 1 rings (SSSR count). The SMILES string of the molecule is Cc1cncc(C(=O)NC(C)CCCBr)c1. The monoisotopic (exact) mass is 284 g/mol. The molecule has 1 heterocycles. The lowest BCUT2D eigenvalue weighted by atomic mass is 10.1. The molecule has 0 saturated heterocycles. The Morgan fingerprint density at radius 1 is 1.56 bits per heavy atom. The van der Waals surface area contributed by atoms with Crippen LogP contribution in [0.1, 0.15) is 35.7 Å². The van der Waals surface area contributed by atoms with Crippen LogP contribution in [0.5, 0.6) is 0 Å². The van der Waals surface area contributed by atoms with Crippen LogP contribution in [0.4, 0.5) is 0 Å². The largest absolute Gasteiger partial charge is 0.350 e. The minimum atomic E-state index is -0.0433. The average Bonchev–Trinajstić information content (AvgIpc) is 2.26. The van der Waals surface area contributed by atoms with Crippen LogP contribution in [0.15, 0.2) is 18.5 Å². The third kappa shape index (κ3) is 4.31. The zero-order valence-electron chi connectivity index (χ0n) is 9.66. The van der Waals surface area contributed by atoms with E-state index in [4.69, 9.17) is 0 Å². The molecule has 1 atom stereocenters. The van der Waals surface area contributed by atoms with Crippen molar-refractivity contribution in [2.24, 2.45) is 0 Å². The van der Waals surface area contributed by atoms with Crippen LogP contribution in [-0.2, 0) is 0 Å². The maximum Gasteiger partial charge on any atom is 0.253 e. The number of rotatable bonds is 5. The number of carbonyl (C=O) groups excluding carboxylic acids is 1. The van der Waals surface area contributed by atoms with Crippen LogP contribution in [0.25, 0.3) is 0 Å². The van der Waals surface area contributed by atoms with Gasteiger partial charge in [0.2, 0.25) is 0 Å². The molecule has 1 aromatic rings. The summed E-state index contributed by atoms with van der Waals surface area (Å²) in [6, 6.07) is 2.05. The van der Waals surface area contributed by atoms with Crippen LogP contribution in [0.2, 0.25) is 0 Å². The van der Waals surface area contributed by atoms with Crippen LogP contribution in [0.3, 0.4) is 0 Å². The first-order valence-corrected chi connectivity index (χ1v) is 6.54. The molecule has 0 radical (unpaired) electrons.